The number of carbonyl (C=O) groups excluding carboxylic acids is 1. The van der Waals surface area contributed by atoms with Crippen molar-refractivity contribution in [1.29, 1.82) is 0 Å². The zero-order chi connectivity index (χ0) is 13.1. The Morgan fingerprint density at radius 2 is 1.56 bits per heavy atom. The number of carbonyl (C=O) groups is 1. The van der Waals surface area contributed by atoms with Crippen LogP contribution in [-0.4, -0.2) is 52.9 Å². The first-order valence-corrected chi connectivity index (χ1v) is 6.94. The number of nitrogens with two attached hydrogens (primary N) is 1. The van der Waals surface area contributed by atoms with E-state index in [2.05, 4.69) is 0 Å². The fourth-order valence-corrected chi connectivity index (χ4v) is 3.02. The molecule has 0 aromatic carbocycles. The summed E-state index contributed by atoms with van der Waals surface area (Å²) < 4.78 is 0. The number of rotatable bonds is 3. The van der Waals surface area contributed by atoms with Crippen molar-refractivity contribution in [2.75, 3.05) is 19.6 Å². The fourth-order valence-electron chi connectivity index (χ4n) is 3.02. The summed E-state index contributed by atoms with van der Waals surface area (Å²) in [5.41, 5.74) is 5.65. The predicted molar refractivity (Wildman–Crippen MR) is 67.7 cm³/mol. The first-order valence-electron chi connectivity index (χ1n) is 6.94. The van der Waals surface area contributed by atoms with E-state index in [0.717, 1.165) is 32.2 Å². The van der Waals surface area contributed by atoms with Crippen LogP contribution in [-0.2, 0) is 4.79 Å². The second-order valence-corrected chi connectivity index (χ2v) is 5.76. The molecule has 0 spiro atoms. The van der Waals surface area contributed by atoms with Crippen LogP contribution in [0.1, 0.15) is 32.1 Å². The molecule has 2 unspecified atom stereocenters. The summed E-state index contributed by atoms with van der Waals surface area (Å²) >= 11 is 0. The number of hydrogen-bond donors (Lipinski definition) is 3. The van der Waals surface area contributed by atoms with E-state index in [1.807, 2.05) is 0 Å². The van der Waals surface area contributed by atoms with Gasteiger partial charge in [0.15, 0.2) is 0 Å². The first-order chi connectivity index (χ1) is 8.60. The van der Waals surface area contributed by atoms with Crippen molar-refractivity contribution < 1.29 is 15.0 Å². The lowest BCUT2D eigenvalue weighted by atomic mass is 9.80. The molecule has 2 rings (SSSR count). The predicted octanol–water partition coefficient (Wildman–Crippen LogP) is -0.294. The molecule has 1 aliphatic carbocycles. The number of amides is 1. The molecule has 2 atom stereocenters. The highest BCUT2D eigenvalue weighted by Gasteiger charge is 2.33. The maximum absolute atomic E-state index is 12.0. The molecule has 1 heterocycles. The van der Waals surface area contributed by atoms with E-state index < -0.39 is 12.2 Å². The van der Waals surface area contributed by atoms with Gasteiger partial charge in [0.1, 0.15) is 0 Å². The standard InChI is InChI=1S/C13H24N2O3/c14-6-10-3-1-9(2-4-10)5-13(18)15-7-11(16)12(17)8-15/h9-12,16-17H,1-8,14H2. The largest absolute Gasteiger partial charge is 0.388 e. The lowest BCUT2D eigenvalue weighted by Crippen LogP contribution is -2.32. The minimum Gasteiger partial charge on any atom is -0.388 e. The van der Waals surface area contributed by atoms with Crippen molar-refractivity contribution >= 4 is 5.91 Å². The summed E-state index contributed by atoms with van der Waals surface area (Å²) in [6.45, 7) is 1.31. The number of likely N-dealkylation sites (tertiary alicyclic amines) is 1. The van der Waals surface area contributed by atoms with Crippen LogP contribution in [0.2, 0.25) is 0 Å². The molecule has 0 bridgehead atoms. The summed E-state index contributed by atoms with van der Waals surface area (Å²) in [5.74, 6) is 1.16. The zero-order valence-corrected chi connectivity index (χ0v) is 10.8. The molecule has 4 N–H and O–H groups in total. The van der Waals surface area contributed by atoms with Crippen molar-refractivity contribution in [2.24, 2.45) is 17.6 Å². The molecule has 0 aromatic rings. The zero-order valence-electron chi connectivity index (χ0n) is 10.8. The third kappa shape index (κ3) is 3.22. The van der Waals surface area contributed by atoms with Crippen LogP contribution in [0.5, 0.6) is 0 Å². The second kappa shape index (κ2) is 5.99. The molecule has 18 heavy (non-hydrogen) atoms. The lowest BCUT2D eigenvalue weighted by molar-refractivity contribution is -0.132. The molecule has 0 aromatic heterocycles. The Labute approximate surface area is 108 Å². The minimum atomic E-state index is -0.776. The van der Waals surface area contributed by atoms with E-state index >= 15 is 0 Å². The van der Waals surface area contributed by atoms with E-state index in [1.54, 1.807) is 4.90 Å². The van der Waals surface area contributed by atoms with Gasteiger partial charge < -0.3 is 20.8 Å². The number of nitrogens with zero attached hydrogens (tertiary/aromatic N) is 1. The molecule has 1 saturated carbocycles. The summed E-state index contributed by atoms with van der Waals surface area (Å²) in [7, 11) is 0. The maximum atomic E-state index is 12.0. The highest BCUT2D eigenvalue weighted by atomic mass is 16.3. The molecule has 2 fully saturated rings. The van der Waals surface area contributed by atoms with Gasteiger partial charge in [0.05, 0.1) is 12.2 Å². The Balaban J connectivity index is 1.75. The monoisotopic (exact) mass is 256 g/mol. The van der Waals surface area contributed by atoms with Gasteiger partial charge in [-0.1, -0.05) is 0 Å². The molecule has 5 nitrogen and oxygen atoms in total. The molecule has 1 amide bonds. The van der Waals surface area contributed by atoms with Gasteiger partial charge in [-0.15, -0.1) is 0 Å². The van der Waals surface area contributed by atoms with Crippen LogP contribution in [0, 0.1) is 11.8 Å². The van der Waals surface area contributed by atoms with Gasteiger partial charge in [-0.2, -0.15) is 0 Å². The van der Waals surface area contributed by atoms with Crippen molar-refractivity contribution in [1.82, 2.24) is 4.90 Å². The first kappa shape index (κ1) is 13.8. The van der Waals surface area contributed by atoms with E-state index in [9.17, 15) is 15.0 Å². The molecular formula is C13H24N2O3. The molecule has 5 heteroatoms. The number of hydrogen-bond acceptors (Lipinski definition) is 4. The van der Waals surface area contributed by atoms with Crippen LogP contribution < -0.4 is 5.73 Å². The van der Waals surface area contributed by atoms with Gasteiger partial charge in [-0.05, 0) is 44.1 Å². The van der Waals surface area contributed by atoms with Crippen LogP contribution in [0.4, 0.5) is 0 Å². The highest BCUT2D eigenvalue weighted by molar-refractivity contribution is 5.76. The van der Waals surface area contributed by atoms with Crippen LogP contribution >= 0.6 is 0 Å². The Kier molecular flexibility index (Phi) is 4.59. The summed E-state index contributed by atoms with van der Waals surface area (Å²) in [4.78, 5) is 13.6. The number of aliphatic hydroxyl groups excluding tert-OH is 2. The Bertz CT molecular complexity index is 280. The van der Waals surface area contributed by atoms with Crippen molar-refractivity contribution in [3.05, 3.63) is 0 Å². The lowest BCUT2D eigenvalue weighted by Gasteiger charge is -2.28. The van der Waals surface area contributed by atoms with Gasteiger partial charge in [0, 0.05) is 19.5 Å². The van der Waals surface area contributed by atoms with E-state index in [0.29, 0.717) is 18.3 Å². The normalized spacial score (nSPS) is 36.9. The van der Waals surface area contributed by atoms with Gasteiger partial charge >= 0.3 is 0 Å². The van der Waals surface area contributed by atoms with Gasteiger partial charge in [-0.25, -0.2) is 0 Å². The second-order valence-electron chi connectivity index (χ2n) is 5.76. The molecule has 0 radical (unpaired) electrons. The summed E-state index contributed by atoms with van der Waals surface area (Å²) in [6, 6.07) is 0. The summed E-state index contributed by atoms with van der Waals surface area (Å²) in [5, 5.41) is 18.9. The van der Waals surface area contributed by atoms with Gasteiger partial charge in [-0.3, -0.25) is 4.79 Å². The quantitative estimate of drug-likeness (QED) is 0.647. The van der Waals surface area contributed by atoms with Gasteiger partial charge in [0.25, 0.3) is 0 Å². The SMILES string of the molecule is NCC1CCC(CC(=O)N2CC(O)C(O)C2)CC1. The minimum absolute atomic E-state index is 0.0711. The topological polar surface area (TPSA) is 86.8 Å². The molecule has 1 aliphatic heterocycles. The third-order valence-corrected chi connectivity index (χ3v) is 4.37. The average molecular weight is 256 g/mol. The van der Waals surface area contributed by atoms with Crippen LogP contribution in [0.3, 0.4) is 0 Å². The third-order valence-electron chi connectivity index (χ3n) is 4.37. The van der Waals surface area contributed by atoms with Crippen molar-refractivity contribution in [3.63, 3.8) is 0 Å². The fraction of sp³-hybridized carbons (Fsp3) is 0.923. The van der Waals surface area contributed by atoms with Gasteiger partial charge in [0.2, 0.25) is 5.91 Å². The van der Waals surface area contributed by atoms with Crippen LogP contribution in [0.25, 0.3) is 0 Å². The highest BCUT2D eigenvalue weighted by Crippen LogP contribution is 2.30. The molecule has 1 saturated heterocycles. The van der Waals surface area contributed by atoms with Crippen molar-refractivity contribution in [2.45, 2.75) is 44.3 Å². The Morgan fingerprint density at radius 3 is 2.06 bits per heavy atom. The summed E-state index contributed by atoms with van der Waals surface area (Å²) in [6.07, 6.45) is 3.40. The van der Waals surface area contributed by atoms with E-state index in [-0.39, 0.29) is 19.0 Å². The molecule has 104 valence electrons. The van der Waals surface area contributed by atoms with Crippen LogP contribution in [0.15, 0.2) is 0 Å². The van der Waals surface area contributed by atoms with E-state index in [1.165, 1.54) is 0 Å². The van der Waals surface area contributed by atoms with Crippen molar-refractivity contribution in [3.8, 4) is 0 Å². The Morgan fingerprint density at radius 1 is 1.06 bits per heavy atom. The smallest absolute Gasteiger partial charge is 0.223 e. The number of aliphatic hydroxyl groups is 2. The van der Waals surface area contributed by atoms with E-state index in [4.69, 9.17) is 5.73 Å². The maximum Gasteiger partial charge on any atom is 0.223 e. The molecular weight excluding hydrogens is 232 g/mol. The molecule has 2 aliphatic rings. The average Bonchev–Trinajstić information content (AvgIpc) is 2.71. The number of β-amino-alcohol motifs (C(OH)–C–C–N with tert-alkyl or cyclic N) is 2. The Hall–Kier alpha value is -0.650.